The molecule has 0 aliphatic rings. The van der Waals surface area contributed by atoms with Crippen LogP contribution in [0.15, 0.2) is 46.9 Å². The summed E-state index contributed by atoms with van der Waals surface area (Å²) >= 11 is 3.35. The van der Waals surface area contributed by atoms with Gasteiger partial charge in [-0.15, -0.1) is 0 Å². The third-order valence-electron chi connectivity index (χ3n) is 2.79. The molecule has 0 saturated heterocycles. The molecule has 4 nitrogen and oxygen atoms in total. The lowest BCUT2D eigenvalue weighted by atomic mass is 10.1. The maximum absolute atomic E-state index is 12.2. The third-order valence-corrected chi connectivity index (χ3v) is 3.44. The second-order valence-electron chi connectivity index (χ2n) is 4.16. The van der Waals surface area contributed by atoms with Crippen molar-refractivity contribution in [1.29, 1.82) is 0 Å². The highest BCUT2D eigenvalue weighted by molar-refractivity contribution is 9.10. The zero-order valence-corrected chi connectivity index (χ0v) is 12.5. The fourth-order valence-electron chi connectivity index (χ4n) is 1.75. The van der Waals surface area contributed by atoms with E-state index in [9.17, 15) is 4.79 Å². The van der Waals surface area contributed by atoms with E-state index >= 15 is 0 Å². The quantitative estimate of drug-likeness (QED) is 0.901. The van der Waals surface area contributed by atoms with E-state index < -0.39 is 0 Å². The van der Waals surface area contributed by atoms with Crippen molar-refractivity contribution in [2.45, 2.75) is 6.61 Å². The molecule has 1 amide bonds. The molecular weight excluding hydrogens is 322 g/mol. The van der Waals surface area contributed by atoms with Crippen LogP contribution in [0.5, 0.6) is 5.75 Å². The van der Waals surface area contributed by atoms with E-state index in [1.54, 1.807) is 49.6 Å². The van der Waals surface area contributed by atoms with Crippen LogP contribution in [-0.2, 0) is 6.61 Å². The van der Waals surface area contributed by atoms with Crippen LogP contribution in [0.3, 0.4) is 0 Å². The number of nitrogens with one attached hydrogen (secondary N) is 1. The zero-order chi connectivity index (χ0) is 14.5. The first-order valence-corrected chi connectivity index (χ1v) is 6.78. The van der Waals surface area contributed by atoms with Crippen molar-refractivity contribution in [2.75, 3.05) is 12.4 Å². The molecular formula is C15H14BrNO3. The van der Waals surface area contributed by atoms with Gasteiger partial charge in [0.25, 0.3) is 5.91 Å². The number of halogens is 1. The summed E-state index contributed by atoms with van der Waals surface area (Å²) in [6.45, 7) is -0.0596. The third kappa shape index (κ3) is 3.37. The van der Waals surface area contributed by atoms with Crippen molar-refractivity contribution in [3.63, 3.8) is 0 Å². The molecule has 20 heavy (non-hydrogen) atoms. The Balaban J connectivity index is 2.19. The maximum Gasteiger partial charge on any atom is 0.256 e. The molecule has 0 bridgehead atoms. The first-order chi connectivity index (χ1) is 9.63. The minimum atomic E-state index is -0.227. The SMILES string of the molecule is COc1ccc(C(=O)Nc2cccc(CO)c2)c(Br)c1. The van der Waals surface area contributed by atoms with Crippen molar-refractivity contribution >= 4 is 27.5 Å². The number of benzene rings is 2. The molecule has 0 unspecified atom stereocenters. The second-order valence-corrected chi connectivity index (χ2v) is 5.01. The van der Waals surface area contributed by atoms with Gasteiger partial charge in [0.15, 0.2) is 0 Å². The Morgan fingerprint density at radius 2 is 2.10 bits per heavy atom. The Kier molecular flexibility index (Phi) is 4.76. The number of carbonyl (C=O) groups excluding carboxylic acids is 1. The van der Waals surface area contributed by atoms with Crippen LogP contribution in [-0.4, -0.2) is 18.1 Å². The second kappa shape index (κ2) is 6.54. The maximum atomic E-state index is 12.2. The molecule has 0 radical (unpaired) electrons. The monoisotopic (exact) mass is 335 g/mol. The van der Waals surface area contributed by atoms with Gasteiger partial charge in [0.1, 0.15) is 5.75 Å². The molecule has 104 valence electrons. The van der Waals surface area contributed by atoms with Gasteiger partial charge in [-0.05, 0) is 51.8 Å². The topological polar surface area (TPSA) is 58.6 Å². The van der Waals surface area contributed by atoms with Crippen molar-refractivity contribution in [2.24, 2.45) is 0 Å². The van der Waals surface area contributed by atoms with E-state index in [4.69, 9.17) is 9.84 Å². The average molecular weight is 336 g/mol. The number of hydrogen-bond acceptors (Lipinski definition) is 3. The number of amides is 1. The van der Waals surface area contributed by atoms with E-state index in [-0.39, 0.29) is 12.5 Å². The molecule has 0 heterocycles. The molecule has 0 saturated carbocycles. The molecule has 0 atom stereocenters. The Morgan fingerprint density at radius 3 is 2.75 bits per heavy atom. The standard InChI is InChI=1S/C15H14BrNO3/c1-20-12-5-6-13(14(16)8-12)15(19)17-11-4-2-3-10(7-11)9-18/h2-8,18H,9H2,1H3,(H,17,19). The summed E-state index contributed by atoms with van der Waals surface area (Å²) in [5, 5.41) is 11.9. The molecule has 0 aliphatic heterocycles. The fraction of sp³-hybridized carbons (Fsp3) is 0.133. The number of anilines is 1. The van der Waals surface area contributed by atoms with Crippen molar-refractivity contribution in [3.05, 3.63) is 58.1 Å². The molecule has 0 aliphatic carbocycles. The van der Waals surface area contributed by atoms with Gasteiger partial charge in [-0.25, -0.2) is 0 Å². The minimum absolute atomic E-state index is 0.0596. The highest BCUT2D eigenvalue weighted by atomic mass is 79.9. The summed E-state index contributed by atoms with van der Waals surface area (Å²) in [7, 11) is 1.57. The predicted molar refractivity (Wildman–Crippen MR) is 81.0 cm³/mol. The van der Waals surface area contributed by atoms with Gasteiger partial charge in [0.05, 0.1) is 19.3 Å². The van der Waals surface area contributed by atoms with Crippen LogP contribution in [0.4, 0.5) is 5.69 Å². The van der Waals surface area contributed by atoms with Gasteiger partial charge in [-0.2, -0.15) is 0 Å². The highest BCUT2D eigenvalue weighted by Crippen LogP contribution is 2.24. The average Bonchev–Trinajstić information content (AvgIpc) is 2.47. The number of rotatable bonds is 4. The first kappa shape index (κ1) is 14.6. The number of carbonyl (C=O) groups is 1. The number of ether oxygens (including phenoxy) is 1. The van der Waals surface area contributed by atoms with Gasteiger partial charge < -0.3 is 15.2 Å². The lowest BCUT2D eigenvalue weighted by Crippen LogP contribution is -2.12. The van der Waals surface area contributed by atoms with Gasteiger partial charge >= 0.3 is 0 Å². The van der Waals surface area contributed by atoms with Crippen molar-refractivity contribution in [3.8, 4) is 5.75 Å². The molecule has 2 aromatic rings. The molecule has 5 heteroatoms. The summed E-state index contributed by atoms with van der Waals surface area (Å²) in [6.07, 6.45) is 0. The van der Waals surface area contributed by atoms with Crippen LogP contribution in [0.2, 0.25) is 0 Å². The first-order valence-electron chi connectivity index (χ1n) is 5.98. The molecule has 0 spiro atoms. The number of aliphatic hydroxyl groups is 1. The van der Waals surface area contributed by atoms with E-state index in [1.807, 2.05) is 0 Å². The van der Waals surface area contributed by atoms with Gasteiger partial charge in [-0.3, -0.25) is 4.79 Å². The number of aliphatic hydroxyl groups excluding tert-OH is 1. The minimum Gasteiger partial charge on any atom is -0.497 e. The van der Waals surface area contributed by atoms with Crippen LogP contribution < -0.4 is 10.1 Å². The lowest BCUT2D eigenvalue weighted by Gasteiger charge is -2.09. The molecule has 0 fully saturated rings. The number of hydrogen-bond donors (Lipinski definition) is 2. The smallest absolute Gasteiger partial charge is 0.256 e. The van der Waals surface area contributed by atoms with Crippen LogP contribution >= 0.6 is 15.9 Å². The van der Waals surface area contributed by atoms with Crippen LogP contribution in [0.25, 0.3) is 0 Å². The summed E-state index contributed by atoms with van der Waals surface area (Å²) in [5.41, 5.74) is 1.90. The molecule has 2 N–H and O–H groups in total. The predicted octanol–water partition coefficient (Wildman–Crippen LogP) is 3.20. The molecule has 0 aromatic heterocycles. The summed E-state index contributed by atoms with van der Waals surface area (Å²) in [5.74, 6) is 0.449. The lowest BCUT2D eigenvalue weighted by molar-refractivity contribution is 0.102. The fourth-order valence-corrected chi connectivity index (χ4v) is 2.29. The van der Waals surface area contributed by atoms with Gasteiger partial charge in [0, 0.05) is 10.2 Å². The molecule has 2 rings (SSSR count). The van der Waals surface area contributed by atoms with E-state index in [1.165, 1.54) is 0 Å². The van der Waals surface area contributed by atoms with E-state index in [0.717, 1.165) is 5.56 Å². The van der Waals surface area contributed by atoms with Crippen LogP contribution in [0.1, 0.15) is 15.9 Å². The Morgan fingerprint density at radius 1 is 1.30 bits per heavy atom. The van der Waals surface area contributed by atoms with Crippen molar-refractivity contribution < 1.29 is 14.6 Å². The largest absolute Gasteiger partial charge is 0.497 e. The van der Waals surface area contributed by atoms with E-state index in [0.29, 0.717) is 21.5 Å². The Bertz CT molecular complexity index is 628. The summed E-state index contributed by atoms with van der Waals surface area (Å²) in [4.78, 5) is 12.2. The summed E-state index contributed by atoms with van der Waals surface area (Å²) < 4.78 is 5.75. The number of methoxy groups -OCH3 is 1. The Labute approximate surface area is 125 Å². The molecule has 2 aromatic carbocycles. The van der Waals surface area contributed by atoms with E-state index in [2.05, 4.69) is 21.2 Å². The van der Waals surface area contributed by atoms with Gasteiger partial charge in [0.2, 0.25) is 0 Å². The summed E-state index contributed by atoms with van der Waals surface area (Å²) in [6, 6.07) is 12.2. The normalized spacial score (nSPS) is 10.2. The van der Waals surface area contributed by atoms with Crippen LogP contribution in [0, 0.1) is 0 Å². The van der Waals surface area contributed by atoms with Crippen molar-refractivity contribution in [1.82, 2.24) is 0 Å². The zero-order valence-electron chi connectivity index (χ0n) is 10.9. The Hall–Kier alpha value is -1.85. The van der Waals surface area contributed by atoms with Gasteiger partial charge in [-0.1, -0.05) is 12.1 Å². The highest BCUT2D eigenvalue weighted by Gasteiger charge is 2.11.